The molecule has 1 aromatic carbocycles. The van der Waals surface area contributed by atoms with Crippen LogP contribution in [-0.4, -0.2) is 27.4 Å². The Balaban J connectivity index is 2.81. The standard InChI is InChI=1S/C11H10N2O4/c12-4-3-11(17)13(7-14)6-8-1-2-9(15)10(16)5-8/h1-2,5,7,15-16H,3,6H2. The van der Waals surface area contributed by atoms with Crippen LogP contribution in [-0.2, 0) is 16.1 Å². The number of nitriles is 1. The average molecular weight is 234 g/mol. The first-order chi connectivity index (χ1) is 8.08. The third-order valence-electron chi connectivity index (χ3n) is 2.07. The van der Waals surface area contributed by atoms with Crippen LogP contribution in [0.15, 0.2) is 18.2 Å². The highest BCUT2D eigenvalue weighted by molar-refractivity contribution is 5.87. The van der Waals surface area contributed by atoms with Crippen LogP contribution < -0.4 is 0 Å². The van der Waals surface area contributed by atoms with E-state index in [-0.39, 0.29) is 24.5 Å². The molecule has 0 bridgehead atoms. The van der Waals surface area contributed by atoms with E-state index in [1.54, 1.807) is 6.07 Å². The molecule has 0 saturated heterocycles. The summed E-state index contributed by atoms with van der Waals surface area (Å²) in [6.45, 7) is -0.0577. The molecule has 6 heteroatoms. The van der Waals surface area contributed by atoms with E-state index < -0.39 is 5.91 Å². The van der Waals surface area contributed by atoms with Crippen LogP contribution in [0.4, 0.5) is 0 Å². The van der Waals surface area contributed by atoms with E-state index in [9.17, 15) is 14.7 Å². The number of hydrogen-bond acceptors (Lipinski definition) is 5. The number of carbonyl (C=O) groups is 2. The summed E-state index contributed by atoms with van der Waals surface area (Å²) in [5.41, 5.74) is 0.471. The molecule has 17 heavy (non-hydrogen) atoms. The summed E-state index contributed by atoms with van der Waals surface area (Å²) < 4.78 is 0. The van der Waals surface area contributed by atoms with Crippen molar-refractivity contribution in [3.63, 3.8) is 0 Å². The number of phenolic OH excluding ortho intramolecular Hbond substituents is 2. The van der Waals surface area contributed by atoms with E-state index in [4.69, 9.17) is 10.4 Å². The molecule has 0 aliphatic rings. The van der Waals surface area contributed by atoms with E-state index in [2.05, 4.69) is 0 Å². The number of benzene rings is 1. The second-order valence-corrected chi connectivity index (χ2v) is 3.29. The van der Waals surface area contributed by atoms with Crippen molar-refractivity contribution in [1.82, 2.24) is 4.90 Å². The van der Waals surface area contributed by atoms with Gasteiger partial charge in [-0.25, -0.2) is 0 Å². The Bertz CT molecular complexity index is 479. The fraction of sp³-hybridized carbons (Fsp3) is 0.182. The highest BCUT2D eigenvalue weighted by atomic mass is 16.3. The number of aromatic hydroxyl groups is 2. The molecule has 0 spiro atoms. The number of nitrogens with zero attached hydrogens (tertiary/aromatic N) is 2. The second kappa shape index (κ2) is 5.51. The van der Waals surface area contributed by atoms with Gasteiger partial charge in [0.25, 0.3) is 0 Å². The van der Waals surface area contributed by atoms with Crippen molar-refractivity contribution in [3.8, 4) is 17.6 Å². The maximum atomic E-state index is 11.3. The zero-order valence-electron chi connectivity index (χ0n) is 8.83. The predicted octanol–water partition coefficient (Wildman–Crippen LogP) is 0.496. The normalized spacial score (nSPS) is 9.35. The molecule has 0 radical (unpaired) electrons. The zero-order chi connectivity index (χ0) is 12.8. The fourth-order valence-electron chi connectivity index (χ4n) is 1.22. The van der Waals surface area contributed by atoms with Crippen molar-refractivity contribution < 1.29 is 19.8 Å². The van der Waals surface area contributed by atoms with Gasteiger partial charge in [-0.05, 0) is 17.7 Å². The van der Waals surface area contributed by atoms with Gasteiger partial charge in [0, 0.05) is 0 Å². The number of amides is 2. The summed E-state index contributed by atoms with van der Waals surface area (Å²) in [5, 5.41) is 26.7. The van der Waals surface area contributed by atoms with Crippen LogP contribution >= 0.6 is 0 Å². The van der Waals surface area contributed by atoms with E-state index in [1.165, 1.54) is 18.2 Å². The quantitative estimate of drug-likeness (QED) is 0.583. The molecule has 0 aliphatic heterocycles. The Labute approximate surface area is 97.3 Å². The lowest BCUT2D eigenvalue weighted by Crippen LogP contribution is -2.28. The van der Waals surface area contributed by atoms with Crippen molar-refractivity contribution in [2.45, 2.75) is 13.0 Å². The number of phenols is 2. The number of rotatable bonds is 4. The molecule has 0 heterocycles. The lowest BCUT2D eigenvalue weighted by atomic mass is 10.2. The van der Waals surface area contributed by atoms with Gasteiger partial charge in [-0.1, -0.05) is 6.07 Å². The minimum Gasteiger partial charge on any atom is -0.504 e. The molecule has 0 aromatic heterocycles. The molecule has 0 aliphatic carbocycles. The van der Waals surface area contributed by atoms with Gasteiger partial charge in [0.2, 0.25) is 12.3 Å². The molecule has 1 aromatic rings. The smallest absolute Gasteiger partial charge is 0.243 e. The molecule has 2 N–H and O–H groups in total. The van der Waals surface area contributed by atoms with Crippen LogP contribution in [0.2, 0.25) is 0 Å². The van der Waals surface area contributed by atoms with Crippen LogP contribution in [0.5, 0.6) is 11.5 Å². The lowest BCUT2D eigenvalue weighted by molar-refractivity contribution is -0.138. The van der Waals surface area contributed by atoms with Crippen LogP contribution in [0.1, 0.15) is 12.0 Å². The first-order valence-corrected chi connectivity index (χ1v) is 4.71. The SMILES string of the molecule is N#CCC(=O)N(C=O)Cc1ccc(O)c(O)c1. The van der Waals surface area contributed by atoms with Crippen molar-refractivity contribution in [3.05, 3.63) is 23.8 Å². The van der Waals surface area contributed by atoms with Gasteiger partial charge in [0.1, 0.15) is 6.42 Å². The molecule has 1 rings (SSSR count). The van der Waals surface area contributed by atoms with Gasteiger partial charge in [-0.2, -0.15) is 5.26 Å². The Morgan fingerprint density at radius 2 is 2.12 bits per heavy atom. The zero-order valence-corrected chi connectivity index (χ0v) is 8.83. The third-order valence-corrected chi connectivity index (χ3v) is 2.07. The van der Waals surface area contributed by atoms with Crippen LogP contribution in [0, 0.1) is 11.3 Å². The Hall–Kier alpha value is -2.55. The second-order valence-electron chi connectivity index (χ2n) is 3.29. The topological polar surface area (TPSA) is 102 Å². The molecular formula is C11H10N2O4. The number of carbonyl (C=O) groups excluding carboxylic acids is 2. The Kier molecular flexibility index (Phi) is 4.06. The average Bonchev–Trinajstić information content (AvgIpc) is 2.30. The number of hydrogen-bond donors (Lipinski definition) is 2. The predicted molar refractivity (Wildman–Crippen MR) is 56.6 cm³/mol. The highest BCUT2D eigenvalue weighted by Crippen LogP contribution is 2.25. The maximum absolute atomic E-state index is 11.3. The van der Waals surface area contributed by atoms with Crippen molar-refractivity contribution in [2.75, 3.05) is 0 Å². The van der Waals surface area contributed by atoms with Crippen LogP contribution in [0.3, 0.4) is 0 Å². The van der Waals surface area contributed by atoms with Crippen LogP contribution in [0.25, 0.3) is 0 Å². The summed E-state index contributed by atoms with van der Waals surface area (Å²) in [6.07, 6.45) is -0.0631. The van der Waals surface area contributed by atoms with Gasteiger partial charge in [-0.15, -0.1) is 0 Å². The molecule has 0 unspecified atom stereocenters. The molecule has 0 fully saturated rings. The van der Waals surface area contributed by atoms with E-state index in [0.717, 1.165) is 4.90 Å². The molecule has 6 nitrogen and oxygen atoms in total. The molecule has 0 saturated carbocycles. The third kappa shape index (κ3) is 3.21. The summed E-state index contributed by atoms with van der Waals surface area (Å²) in [4.78, 5) is 22.8. The molecule has 2 amide bonds. The van der Waals surface area contributed by atoms with Crippen molar-refractivity contribution in [1.29, 1.82) is 5.26 Å². The van der Waals surface area contributed by atoms with Gasteiger partial charge >= 0.3 is 0 Å². The Morgan fingerprint density at radius 3 is 2.65 bits per heavy atom. The summed E-state index contributed by atoms with van der Waals surface area (Å²) in [7, 11) is 0. The van der Waals surface area contributed by atoms with Crippen molar-refractivity contribution >= 4 is 12.3 Å². The molecule has 88 valence electrons. The maximum Gasteiger partial charge on any atom is 0.243 e. The monoisotopic (exact) mass is 234 g/mol. The largest absolute Gasteiger partial charge is 0.504 e. The van der Waals surface area contributed by atoms with E-state index >= 15 is 0 Å². The summed E-state index contributed by atoms with van der Waals surface area (Å²) in [6, 6.07) is 5.61. The van der Waals surface area contributed by atoms with Gasteiger partial charge in [-0.3, -0.25) is 14.5 Å². The highest BCUT2D eigenvalue weighted by Gasteiger charge is 2.13. The van der Waals surface area contributed by atoms with Crippen molar-refractivity contribution in [2.24, 2.45) is 0 Å². The first kappa shape index (κ1) is 12.5. The fourth-order valence-corrected chi connectivity index (χ4v) is 1.22. The molecule has 0 atom stereocenters. The van der Waals surface area contributed by atoms with Gasteiger partial charge in [0.15, 0.2) is 11.5 Å². The first-order valence-electron chi connectivity index (χ1n) is 4.71. The summed E-state index contributed by atoms with van der Waals surface area (Å²) >= 11 is 0. The van der Waals surface area contributed by atoms with E-state index in [0.29, 0.717) is 12.0 Å². The summed E-state index contributed by atoms with van der Waals surface area (Å²) in [5.74, 6) is -1.23. The minimum atomic E-state index is -0.616. The minimum absolute atomic E-state index is 0.0577. The van der Waals surface area contributed by atoms with Gasteiger partial charge < -0.3 is 10.2 Å². The molecular weight excluding hydrogens is 224 g/mol. The number of imide groups is 1. The Morgan fingerprint density at radius 1 is 1.41 bits per heavy atom. The lowest BCUT2D eigenvalue weighted by Gasteiger charge is -2.14. The van der Waals surface area contributed by atoms with Gasteiger partial charge in [0.05, 0.1) is 12.6 Å². The van der Waals surface area contributed by atoms with E-state index in [1.807, 2.05) is 0 Å².